The number of carbonyl (C=O) groups is 2. The van der Waals surface area contributed by atoms with E-state index < -0.39 is 10.8 Å². The molecule has 0 spiro atoms. The van der Waals surface area contributed by atoms with Gasteiger partial charge < -0.3 is 5.32 Å². The first-order chi connectivity index (χ1) is 13.9. The van der Waals surface area contributed by atoms with Crippen LogP contribution in [-0.4, -0.2) is 33.5 Å². The van der Waals surface area contributed by atoms with Crippen molar-refractivity contribution in [2.45, 2.75) is 6.42 Å². The number of anilines is 1. The highest BCUT2D eigenvalue weighted by Crippen LogP contribution is 2.19. The number of nitrogens with zero attached hydrogens (tertiary/aromatic N) is 3. The quantitative estimate of drug-likeness (QED) is 0.436. The summed E-state index contributed by atoms with van der Waals surface area (Å²) >= 11 is 7.14. The Morgan fingerprint density at radius 2 is 1.90 bits per heavy atom. The highest BCUT2D eigenvalue weighted by molar-refractivity contribution is 7.15. The van der Waals surface area contributed by atoms with Crippen molar-refractivity contribution >= 4 is 45.6 Å². The molecule has 9 nitrogen and oxygen atoms in total. The number of amides is 2. The van der Waals surface area contributed by atoms with Crippen LogP contribution in [0.3, 0.4) is 0 Å². The molecule has 0 unspecified atom stereocenters. The van der Waals surface area contributed by atoms with Gasteiger partial charge in [0, 0.05) is 30.7 Å². The summed E-state index contributed by atoms with van der Waals surface area (Å²) in [6.45, 7) is 0.317. The van der Waals surface area contributed by atoms with Gasteiger partial charge in [0.15, 0.2) is 0 Å². The maximum Gasteiger partial charge on any atom is 0.270 e. The van der Waals surface area contributed by atoms with E-state index in [-0.39, 0.29) is 22.3 Å². The lowest BCUT2D eigenvalue weighted by Crippen LogP contribution is -2.25. The first-order valence-corrected chi connectivity index (χ1v) is 9.54. The number of carbonyl (C=O) groups excluding carboxylic acids is 2. The zero-order valence-corrected chi connectivity index (χ0v) is 16.4. The summed E-state index contributed by atoms with van der Waals surface area (Å²) in [6.07, 6.45) is 0.417. The lowest BCUT2D eigenvalue weighted by atomic mass is 10.2. The van der Waals surface area contributed by atoms with Gasteiger partial charge in [-0.25, -0.2) is 0 Å². The monoisotopic (exact) mass is 431 g/mol. The van der Waals surface area contributed by atoms with E-state index in [1.807, 2.05) is 0 Å². The van der Waals surface area contributed by atoms with Crippen molar-refractivity contribution in [1.29, 1.82) is 0 Å². The van der Waals surface area contributed by atoms with Gasteiger partial charge in [0.25, 0.3) is 17.5 Å². The average molecular weight is 432 g/mol. The van der Waals surface area contributed by atoms with Crippen LogP contribution in [0.1, 0.15) is 25.7 Å². The third kappa shape index (κ3) is 5.33. The van der Waals surface area contributed by atoms with Crippen LogP contribution in [0.15, 0.2) is 48.5 Å². The number of halogens is 1. The fraction of sp³-hybridized carbons (Fsp3) is 0.111. The molecule has 11 heteroatoms. The molecule has 2 aromatic carbocycles. The van der Waals surface area contributed by atoms with Crippen molar-refractivity contribution in [1.82, 2.24) is 15.5 Å². The van der Waals surface area contributed by atoms with Gasteiger partial charge in [-0.3, -0.25) is 25.0 Å². The summed E-state index contributed by atoms with van der Waals surface area (Å²) in [4.78, 5) is 34.6. The molecule has 2 N–H and O–H groups in total. The number of nitrogens with one attached hydrogen (secondary N) is 2. The van der Waals surface area contributed by atoms with Gasteiger partial charge in [-0.15, -0.1) is 10.2 Å². The van der Waals surface area contributed by atoms with E-state index in [0.717, 1.165) is 11.3 Å². The number of benzene rings is 2. The normalized spacial score (nSPS) is 10.4. The van der Waals surface area contributed by atoms with E-state index >= 15 is 0 Å². The van der Waals surface area contributed by atoms with Crippen LogP contribution in [0.25, 0.3) is 0 Å². The molecule has 0 aliphatic heterocycles. The summed E-state index contributed by atoms with van der Waals surface area (Å²) < 4.78 is 0. The van der Waals surface area contributed by atoms with Crippen LogP contribution in [0.5, 0.6) is 0 Å². The van der Waals surface area contributed by atoms with Gasteiger partial charge in [-0.2, -0.15) is 0 Å². The smallest absolute Gasteiger partial charge is 0.270 e. The second-order valence-corrected chi connectivity index (χ2v) is 7.22. The Bertz CT molecular complexity index is 1070. The number of nitro groups is 1. The summed E-state index contributed by atoms with van der Waals surface area (Å²) in [5, 5.41) is 25.2. The molecular weight excluding hydrogens is 418 g/mol. The highest BCUT2D eigenvalue weighted by atomic mass is 35.5. The van der Waals surface area contributed by atoms with E-state index in [2.05, 4.69) is 20.8 Å². The van der Waals surface area contributed by atoms with Crippen LogP contribution in [0.2, 0.25) is 5.02 Å². The molecule has 2 amide bonds. The van der Waals surface area contributed by atoms with Crippen molar-refractivity contribution in [3.63, 3.8) is 0 Å². The zero-order valence-electron chi connectivity index (χ0n) is 14.8. The third-order valence-corrected chi connectivity index (χ3v) is 4.98. The summed E-state index contributed by atoms with van der Waals surface area (Å²) in [5.74, 6) is -0.817. The van der Waals surface area contributed by atoms with Crippen molar-refractivity contribution in [3.8, 4) is 0 Å². The molecule has 3 rings (SSSR count). The zero-order chi connectivity index (χ0) is 20.8. The molecule has 1 heterocycles. The Morgan fingerprint density at radius 3 is 2.66 bits per heavy atom. The fourth-order valence-electron chi connectivity index (χ4n) is 2.36. The SMILES string of the molecule is O=C(Nc1nnc(CCNC(=O)c2ccccc2Cl)s1)c1cccc([N+](=O)[O-])c1. The summed E-state index contributed by atoms with van der Waals surface area (Å²) in [5.41, 5.74) is 0.351. The number of non-ortho nitro benzene ring substituents is 1. The van der Waals surface area contributed by atoms with Gasteiger partial charge in [-0.1, -0.05) is 41.1 Å². The second-order valence-electron chi connectivity index (χ2n) is 5.75. The second kappa shape index (κ2) is 9.22. The average Bonchev–Trinajstić information content (AvgIpc) is 3.15. The molecule has 0 atom stereocenters. The van der Waals surface area contributed by atoms with Gasteiger partial charge in [0.05, 0.1) is 15.5 Å². The summed E-state index contributed by atoms with van der Waals surface area (Å²) in [6, 6.07) is 12.1. The molecule has 0 aliphatic rings. The molecule has 0 fully saturated rings. The minimum Gasteiger partial charge on any atom is -0.352 e. The first kappa shape index (κ1) is 20.4. The van der Waals surface area contributed by atoms with Crippen LogP contribution < -0.4 is 10.6 Å². The number of rotatable bonds is 7. The molecule has 1 aromatic heterocycles. The van der Waals surface area contributed by atoms with Crippen molar-refractivity contribution in [3.05, 3.63) is 79.8 Å². The standard InChI is InChI=1S/C18H14ClN5O4S/c19-14-7-2-1-6-13(14)17(26)20-9-8-15-22-23-18(29-15)21-16(25)11-4-3-5-12(10-11)24(27)28/h1-7,10H,8-9H2,(H,20,26)(H,21,23,25). The highest BCUT2D eigenvalue weighted by Gasteiger charge is 2.14. The maximum atomic E-state index is 12.2. The van der Waals surface area contributed by atoms with Gasteiger partial charge >= 0.3 is 0 Å². The van der Waals surface area contributed by atoms with E-state index in [1.54, 1.807) is 24.3 Å². The Balaban J connectivity index is 1.54. The Kier molecular flexibility index (Phi) is 6.47. The molecular formula is C18H14ClN5O4S. The Labute approximate surface area is 173 Å². The third-order valence-electron chi connectivity index (χ3n) is 3.75. The number of hydrogen-bond acceptors (Lipinski definition) is 7. The molecule has 0 saturated heterocycles. The lowest BCUT2D eigenvalue weighted by Gasteiger charge is -2.05. The van der Waals surface area contributed by atoms with Gasteiger partial charge in [0.2, 0.25) is 5.13 Å². The number of nitro benzene ring substituents is 1. The van der Waals surface area contributed by atoms with Gasteiger partial charge in [0.1, 0.15) is 5.01 Å². The Morgan fingerprint density at radius 1 is 1.10 bits per heavy atom. The topological polar surface area (TPSA) is 127 Å². The van der Waals surface area contributed by atoms with E-state index in [9.17, 15) is 19.7 Å². The fourth-order valence-corrected chi connectivity index (χ4v) is 3.31. The molecule has 0 bridgehead atoms. The molecule has 0 saturated carbocycles. The largest absolute Gasteiger partial charge is 0.352 e. The van der Waals surface area contributed by atoms with E-state index in [4.69, 9.17) is 11.6 Å². The first-order valence-electron chi connectivity index (χ1n) is 8.35. The van der Waals surface area contributed by atoms with Gasteiger partial charge in [-0.05, 0) is 18.2 Å². The lowest BCUT2D eigenvalue weighted by molar-refractivity contribution is -0.384. The molecule has 148 valence electrons. The minimum atomic E-state index is -0.573. The number of aromatic nitrogens is 2. The predicted molar refractivity (Wildman–Crippen MR) is 108 cm³/mol. The Hall–Kier alpha value is -3.37. The van der Waals surface area contributed by atoms with E-state index in [1.165, 1.54) is 24.3 Å². The summed E-state index contributed by atoms with van der Waals surface area (Å²) in [7, 11) is 0. The minimum absolute atomic E-state index is 0.142. The molecule has 0 aliphatic carbocycles. The maximum absolute atomic E-state index is 12.2. The van der Waals surface area contributed by atoms with Crippen LogP contribution in [-0.2, 0) is 6.42 Å². The van der Waals surface area contributed by atoms with Crippen molar-refractivity contribution < 1.29 is 14.5 Å². The van der Waals surface area contributed by atoms with Crippen LogP contribution >= 0.6 is 22.9 Å². The molecule has 29 heavy (non-hydrogen) atoms. The molecule has 3 aromatic rings. The van der Waals surface area contributed by atoms with E-state index in [0.29, 0.717) is 28.6 Å². The van der Waals surface area contributed by atoms with Crippen molar-refractivity contribution in [2.75, 3.05) is 11.9 Å². The van der Waals surface area contributed by atoms with Crippen LogP contribution in [0, 0.1) is 10.1 Å². The number of hydrogen-bond donors (Lipinski definition) is 2. The van der Waals surface area contributed by atoms with Crippen LogP contribution in [0.4, 0.5) is 10.8 Å². The molecule has 0 radical (unpaired) electrons. The van der Waals surface area contributed by atoms with Crippen molar-refractivity contribution in [2.24, 2.45) is 0 Å². The predicted octanol–water partition coefficient (Wildman–Crippen LogP) is 3.32.